The van der Waals surface area contributed by atoms with Crippen LogP contribution in [0.4, 0.5) is 20.2 Å². The van der Waals surface area contributed by atoms with Crippen LogP contribution in [0, 0.1) is 5.41 Å². The van der Waals surface area contributed by atoms with Crippen molar-refractivity contribution in [1.82, 2.24) is 0 Å². The Morgan fingerprint density at radius 2 is 1.83 bits per heavy atom. The maximum absolute atomic E-state index is 12.7. The van der Waals surface area contributed by atoms with Crippen LogP contribution in [0.25, 0.3) is 0 Å². The number of carbonyl (C=O) groups is 1. The number of benzene rings is 2. The van der Waals surface area contributed by atoms with Crippen LogP contribution in [0.5, 0.6) is 5.75 Å². The van der Waals surface area contributed by atoms with Crippen molar-refractivity contribution in [2.24, 2.45) is 10.7 Å². The van der Waals surface area contributed by atoms with E-state index in [1.54, 1.807) is 36.4 Å². The summed E-state index contributed by atoms with van der Waals surface area (Å²) in [6.45, 7) is -2.99. The zero-order valence-electron chi connectivity index (χ0n) is 16.1. The van der Waals surface area contributed by atoms with Gasteiger partial charge in [-0.05, 0) is 30.5 Å². The molecule has 0 heterocycles. The molecule has 2 aromatic rings. The number of ether oxygens (including phenoxy) is 2. The van der Waals surface area contributed by atoms with Crippen molar-refractivity contribution in [2.75, 3.05) is 7.11 Å². The van der Waals surface area contributed by atoms with Crippen LogP contribution in [0.3, 0.4) is 0 Å². The highest BCUT2D eigenvalue weighted by Crippen LogP contribution is 2.21. The summed E-state index contributed by atoms with van der Waals surface area (Å²) in [4.78, 5) is 17.0. The number of nitrogens with zero attached hydrogens (tertiary/aromatic N) is 1. The van der Waals surface area contributed by atoms with E-state index in [4.69, 9.17) is 15.9 Å². The predicted molar refractivity (Wildman–Crippen MR) is 109 cm³/mol. The van der Waals surface area contributed by atoms with E-state index in [9.17, 15) is 13.6 Å². The third-order valence-electron chi connectivity index (χ3n) is 3.74. The Balaban J connectivity index is 2.26. The largest absolute Gasteiger partial charge is 0.488 e. The summed E-state index contributed by atoms with van der Waals surface area (Å²) in [6, 6.07) is 14.9. The molecule has 0 atom stereocenters. The zero-order valence-corrected chi connectivity index (χ0v) is 16.1. The van der Waals surface area contributed by atoms with Gasteiger partial charge in [-0.25, -0.2) is 4.99 Å². The second-order valence-electron chi connectivity index (χ2n) is 5.71. The molecule has 0 aliphatic rings. The molecule has 7 nitrogen and oxygen atoms in total. The second kappa shape index (κ2) is 11.2. The summed E-state index contributed by atoms with van der Waals surface area (Å²) in [6.07, 6.45) is 3.77. The molecule has 0 amide bonds. The number of ketones is 1. The van der Waals surface area contributed by atoms with Crippen LogP contribution in [-0.2, 0) is 9.53 Å². The van der Waals surface area contributed by atoms with Crippen LogP contribution in [-0.4, -0.2) is 30.9 Å². The number of nitrogens with one attached hydrogen (secondary N) is 1. The number of hydrogen-bond donors (Lipinski definition) is 3. The average Bonchev–Trinajstić information content (AvgIpc) is 2.74. The Labute approximate surface area is 172 Å². The van der Waals surface area contributed by atoms with Gasteiger partial charge in [0.15, 0.2) is 11.4 Å². The molecule has 2 aromatic carbocycles. The van der Waals surface area contributed by atoms with Gasteiger partial charge in [0, 0.05) is 6.07 Å². The first-order valence-electron chi connectivity index (χ1n) is 8.74. The first-order valence-corrected chi connectivity index (χ1v) is 8.74. The summed E-state index contributed by atoms with van der Waals surface area (Å²) in [5.41, 5.74) is 5.87. The van der Waals surface area contributed by atoms with E-state index in [-0.39, 0.29) is 17.2 Å². The smallest absolute Gasteiger partial charge is 0.387 e. The number of quaternary nitrogens is 1. The predicted octanol–water partition coefficient (Wildman–Crippen LogP) is 2.80. The van der Waals surface area contributed by atoms with Gasteiger partial charge < -0.3 is 15.2 Å². The van der Waals surface area contributed by atoms with Gasteiger partial charge in [-0.15, -0.1) is 0 Å². The molecule has 2 rings (SSSR count). The fourth-order valence-electron chi connectivity index (χ4n) is 2.37. The Kier molecular flexibility index (Phi) is 8.40. The minimum Gasteiger partial charge on any atom is -0.488 e. The summed E-state index contributed by atoms with van der Waals surface area (Å²) in [5, 5.41) is 9.59. The molecule has 0 aromatic heterocycles. The number of halogens is 2. The van der Waals surface area contributed by atoms with Gasteiger partial charge in [0.1, 0.15) is 11.9 Å². The van der Waals surface area contributed by atoms with Gasteiger partial charge in [-0.3, -0.25) is 15.5 Å². The molecule has 0 radical (unpaired) electrons. The van der Waals surface area contributed by atoms with Crippen LogP contribution < -0.4 is 15.8 Å². The minimum absolute atomic E-state index is 0.0399. The summed E-state index contributed by atoms with van der Waals surface area (Å²) in [5.74, 6) is -0.994. The number of methoxy groups -OCH3 is 1. The van der Waals surface area contributed by atoms with E-state index in [0.717, 1.165) is 0 Å². The van der Waals surface area contributed by atoms with E-state index in [1.807, 2.05) is 6.07 Å². The SMILES string of the molecule is COC(=C[NH2+]c1ccccc1OC(F)F)C(=O)C(=N)C(C=CN)=Nc1ccccc1. The fraction of sp³-hybridized carbons (Fsp3) is 0.0952. The molecule has 0 aliphatic carbocycles. The van der Waals surface area contributed by atoms with E-state index < -0.39 is 18.1 Å². The maximum atomic E-state index is 12.7. The quantitative estimate of drug-likeness (QED) is 0.240. The molecule has 0 aliphatic heterocycles. The highest BCUT2D eigenvalue weighted by Gasteiger charge is 2.22. The fourth-order valence-corrected chi connectivity index (χ4v) is 2.37. The first-order chi connectivity index (χ1) is 14.5. The van der Waals surface area contributed by atoms with Gasteiger partial charge in [0.25, 0.3) is 5.78 Å². The molecule has 5 N–H and O–H groups in total. The van der Waals surface area contributed by atoms with Gasteiger partial charge in [-0.2, -0.15) is 8.78 Å². The van der Waals surface area contributed by atoms with E-state index in [0.29, 0.717) is 11.4 Å². The molecular weight excluding hydrogens is 394 g/mol. The lowest BCUT2D eigenvalue weighted by Crippen LogP contribution is -2.71. The lowest BCUT2D eigenvalue weighted by molar-refractivity contribution is -0.499. The number of alkyl halides is 2. The van der Waals surface area contributed by atoms with Crippen molar-refractivity contribution in [3.05, 3.63) is 78.8 Å². The zero-order chi connectivity index (χ0) is 21.9. The van der Waals surface area contributed by atoms with Crippen molar-refractivity contribution >= 4 is 28.6 Å². The van der Waals surface area contributed by atoms with Crippen LogP contribution in [0.15, 0.2) is 83.8 Å². The topological polar surface area (TPSA) is 114 Å². The van der Waals surface area contributed by atoms with Crippen molar-refractivity contribution in [1.29, 1.82) is 5.41 Å². The Bertz CT molecular complexity index is 973. The maximum Gasteiger partial charge on any atom is 0.387 e. The molecule has 0 spiro atoms. The minimum atomic E-state index is -2.99. The lowest BCUT2D eigenvalue weighted by atomic mass is 10.1. The molecule has 0 unspecified atom stereocenters. The van der Waals surface area contributed by atoms with Gasteiger partial charge >= 0.3 is 6.61 Å². The number of nitrogens with two attached hydrogens (primary N) is 2. The Hall–Kier alpha value is -3.85. The number of allylic oxidation sites excluding steroid dienone is 2. The molecule has 156 valence electrons. The van der Waals surface area contributed by atoms with Crippen molar-refractivity contribution in [2.45, 2.75) is 6.61 Å². The van der Waals surface area contributed by atoms with Gasteiger partial charge in [0.2, 0.25) is 5.76 Å². The molecule has 30 heavy (non-hydrogen) atoms. The Morgan fingerprint density at radius 1 is 1.17 bits per heavy atom. The Morgan fingerprint density at radius 3 is 2.47 bits per heavy atom. The van der Waals surface area contributed by atoms with Gasteiger partial charge in [0.05, 0.1) is 18.5 Å². The number of Topliss-reactive ketones (excluding diaryl/α,β-unsaturated/α-hetero) is 1. The summed E-state index contributed by atoms with van der Waals surface area (Å²) >= 11 is 0. The normalized spacial score (nSPS) is 12.3. The number of hydrogen-bond acceptors (Lipinski definition) is 6. The molecule has 0 bridgehead atoms. The summed E-state index contributed by atoms with van der Waals surface area (Å²) in [7, 11) is 1.26. The number of rotatable bonds is 10. The van der Waals surface area contributed by atoms with E-state index in [1.165, 1.54) is 43.0 Å². The third kappa shape index (κ3) is 6.35. The van der Waals surface area contributed by atoms with Crippen LogP contribution >= 0.6 is 0 Å². The number of carbonyl (C=O) groups excluding carboxylic acids is 1. The van der Waals surface area contributed by atoms with Crippen molar-refractivity contribution in [3.8, 4) is 5.75 Å². The third-order valence-corrected chi connectivity index (χ3v) is 3.74. The molecule has 9 heteroatoms. The average molecular weight is 415 g/mol. The first kappa shape index (κ1) is 22.4. The van der Waals surface area contributed by atoms with E-state index >= 15 is 0 Å². The standard InChI is InChI=1S/C21H20F2N4O3/c1-29-18(13-26-15-9-5-6-10-17(15)30-21(22)23)20(28)19(25)16(11-12-24)27-14-7-3-2-4-8-14/h2-13,21,25-26H,24H2,1H3/p+1. The van der Waals surface area contributed by atoms with Crippen molar-refractivity contribution < 1.29 is 28.4 Å². The highest BCUT2D eigenvalue weighted by atomic mass is 19.3. The van der Waals surface area contributed by atoms with E-state index in [2.05, 4.69) is 9.73 Å². The summed E-state index contributed by atoms with van der Waals surface area (Å²) < 4.78 is 34.6. The molecular formula is C21H21F2N4O3+. The molecule has 0 saturated carbocycles. The van der Waals surface area contributed by atoms with Gasteiger partial charge in [-0.1, -0.05) is 30.3 Å². The molecule has 0 fully saturated rings. The number of aliphatic imine (C=N–C) groups is 1. The monoisotopic (exact) mass is 415 g/mol. The van der Waals surface area contributed by atoms with Crippen LogP contribution in [0.2, 0.25) is 0 Å². The molecule has 0 saturated heterocycles. The highest BCUT2D eigenvalue weighted by molar-refractivity contribution is 6.71. The van der Waals surface area contributed by atoms with Crippen molar-refractivity contribution in [3.63, 3.8) is 0 Å². The van der Waals surface area contributed by atoms with Crippen LogP contribution in [0.1, 0.15) is 0 Å². The second-order valence-corrected chi connectivity index (χ2v) is 5.71. The number of para-hydroxylation sites is 3. The lowest BCUT2D eigenvalue weighted by Gasteiger charge is -2.08.